The second-order valence-electron chi connectivity index (χ2n) is 4.76. The topological polar surface area (TPSA) is 71.5 Å². The molecule has 1 fully saturated rings. The Labute approximate surface area is 121 Å². The van der Waals surface area contributed by atoms with Gasteiger partial charge in [0.2, 0.25) is 11.8 Å². The van der Waals surface area contributed by atoms with E-state index in [2.05, 4.69) is 0 Å². The number of rotatable bonds is 9. The van der Waals surface area contributed by atoms with Gasteiger partial charge in [-0.15, -0.1) is 11.8 Å². The highest BCUT2D eigenvalue weighted by molar-refractivity contribution is 8.01. The summed E-state index contributed by atoms with van der Waals surface area (Å²) in [6.45, 7) is 1.74. The standard InChI is InChI=1S/C13H18FNO4S/c1-9(16)8-20-10-7-12(18)15(13(10)19)6-4-2-3-5-11(14)17/h10H,2-8H2,1H3. The van der Waals surface area contributed by atoms with E-state index >= 15 is 0 Å². The van der Waals surface area contributed by atoms with Crippen LogP contribution in [0, 0.1) is 0 Å². The van der Waals surface area contributed by atoms with Crippen LogP contribution in [0.2, 0.25) is 0 Å². The predicted octanol–water partition coefficient (Wildman–Crippen LogP) is 1.49. The summed E-state index contributed by atoms with van der Waals surface area (Å²) in [5.74, 6) is -0.263. The van der Waals surface area contributed by atoms with Crippen molar-refractivity contribution >= 4 is 35.4 Å². The van der Waals surface area contributed by atoms with Crippen LogP contribution < -0.4 is 0 Å². The second-order valence-corrected chi connectivity index (χ2v) is 5.95. The first kappa shape index (κ1) is 16.8. The van der Waals surface area contributed by atoms with Crippen molar-refractivity contribution in [1.82, 2.24) is 4.90 Å². The Kier molecular flexibility index (Phi) is 6.84. The van der Waals surface area contributed by atoms with E-state index in [0.29, 0.717) is 25.8 Å². The highest BCUT2D eigenvalue weighted by atomic mass is 32.2. The molecular formula is C13H18FNO4S. The number of halogens is 1. The smallest absolute Gasteiger partial charge is 0.299 e. The Morgan fingerprint density at radius 2 is 2.00 bits per heavy atom. The summed E-state index contributed by atoms with van der Waals surface area (Å²) in [4.78, 5) is 45.9. The molecule has 112 valence electrons. The molecule has 1 heterocycles. The van der Waals surface area contributed by atoms with E-state index in [9.17, 15) is 23.6 Å². The average Bonchev–Trinajstić information content (AvgIpc) is 2.62. The van der Waals surface area contributed by atoms with Gasteiger partial charge in [-0.3, -0.25) is 24.1 Å². The first-order chi connectivity index (χ1) is 9.41. The molecule has 0 radical (unpaired) electrons. The number of hydrogen-bond acceptors (Lipinski definition) is 5. The van der Waals surface area contributed by atoms with E-state index in [1.165, 1.54) is 23.6 Å². The molecule has 2 amide bonds. The van der Waals surface area contributed by atoms with Gasteiger partial charge in [0.05, 0.1) is 11.0 Å². The van der Waals surface area contributed by atoms with E-state index in [0.717, 1.165) is 0 Å². The van der Waals surface area contributed by atoms with E-state index in [4.69, 9.17) is 0 Å². The van der Waals surface area contributed by atoms with Gasteiger partial charge in [0.15, 0.2) is 0 Å². The zero-order valence-corrected chi connectivity index (χ0v) is 12.2. The lowest BCUT2D eigenvalue weighted by Gasteiger charge is -2.14. The van der Waals surface area contributed by atoms with Crippen LogP contribution >= 0.6 is 11.8 Å². The molecular weight excluding hydrogens is 285 g/mol. The summed E-state index contributed by atoms with van der Waals surface area (Å²) in [5.41, 5.74) is 0. The fourth-order valence-electron chi connectivity index (χ4n) is 1.95. The van der Waals surface area contributed by atoms with Gasteiger partial charge in [0.25, 0.3) is 0 Å². The fourth-order valence-corrected chi connectivity index (χ4v) is 2.91. The van der Waals surface area contributed by atoms with Crippen LogP contribution in [0.3, 0.4) is 0 Å². The molecule has 0 aromatic heterocycles. The van der Waals surface area contributed by atoms with Gasteiger partial charge in [-0.05, 0) is 19.8 Å². The summed E-state index contributed by atoms with van der Waals surface area (Å²) >= 11 is 1.20. The zero-order valence-electron chi connectivity index (χ0n) is 11.4. The number of amides is 2. The Bertz CT molecular complexity index is 413. The maximum Gasteiger partial charge on any atom is 0.301 e. The summed E-state index contributed by atoms with van der Waals surface area (Å²) in [7, 11) is 0. The molecule has 0 saturated carbocycles. The molecule has 5 nitrogen and oxygen atoms in total. The molecule has 0 bridgehead atoms. The van der Waals surface area contributed by atoms with Gasteiger partial charge in [0.1, 0.15) is 5.78 Å². The molecule has 1 unspecified atom stereocenters. The van der Waals surface area contributed by atoms with Gasteiger partial charge in [-0.1, -0.05) is 6.42 Å². The molecule has 0 aromatic rings. The Balaban J connectivity index is 2.31. The largest absolute Gasteiger partial charge is 0.301 e. The van der Waals surface area contributed by atoms with Gasteiger partial charge in [0, 0.05) is 19.4 Å². The van der Waals surface area contributed by atoms with Crippen molar-refractivity contribution < 1.29 is 23.6 Å². The molecule has 20 heavy (non-hydrogen) atoms. The molecule has 1 saturated heterocycles. The van der Waals surface area contributed by atoms with E-state index < -0.39 is 11.3 Å². The number of hydrogen-bond donors (Lipinski definition) is 0. The Hall–Kier alpha value is -1.24. The lowest BCUT2D eigenvalue weighted by atomic mass is 10.2. The van der Waals surface area contributed by atoms with E-state index in [-0.39, 0.29) is 36.2 Å². The number of thioether (sulfide) groups is 1. The number of carbonyl (C=O) groups is 4. The van der Waals surface area contributed by atoms with Crippen LogP contribution in [-0.4, -0.2) is 46.1 Å². The van der Waals surface area contributed by atoms with Crippen LogP contribution in [0.4, 0.5) is 4.39 Å². The molecule has 0 spiro atoms. The minimum atomic E-state index is -1.33. The molecule has 1 rings (SSSR count). The minimum Gasteiger partial charge on any atom is -0.299 e. The number of ketones is 1. The van der Waals surface area contributed by atoms with Crippen molar-refractivity contribution in [3.8, 4) is 0 Å². The van der Waals surface area contributed by atoms with Crippen LogP contribution in [0.5, 0.6) is 0 Å². The monoisotopic (exact) mass is 303 g/mol. The number of carbonyl (C=O) groups excluding carboxylic acids is 4. The molecule has 0 N–H and O–H groups in total. The SMILES string of the molecule is CC(=O)CSC1CC(=O)N(CCCCCC(=O)F)C1=O. The van der Waals surface area contributed by atoms with Gasteiger partial charge >= 0.3 is 6.04 Å². The quantitative estimate of drug-likeness (QED) is 0.367. The number of imide groups is 1. The highest BCUT2D eigenvalue weighted by Crippen LogP contribution is 2.25. The van der Waals surface area contributed by atoms with Gasteiger partial charge in [-0.25, -0.2) is 0 Å². The first-order valence-electron chi connectivity index (χ1n) is 6.55. The maximum atomic E-state index is 12.0. The summed E-state index contributed by atoms with van der Waals surface area (Å²) in [6, 6.07) is -1.33. The average molecular weight is 303 g/mol. The maximum absolute atomic E-state index is 12.0. The van der Waals surface area contributed by atoms with Crippen LogP contribution in [0.1, 0.15) is 39.0 Å². The van der Waals surface area contributed by atoms with Crippen molar-refractivity contribution in [3.05, 3.63) is 0 Å². The minimum absolute atomic E-state index is 0.0235. The lowest BCUT2D eigenvalue weighted by molar-refractivity contribution is -0.138. The van der Waals surface area contributed by atoms with E-state index in [1.807, 2.05) is 0 Å². The number of likely N-dealkylation sites (tertiary alicyclic amines) is 1. The molecule has 1 atom stereocenters. The lowest BCUT2D eigenvalue weighted by Crippen LogP contribution is -2.32. The zero-order chi connectivity index (χ0) is 15.1. The predicted molar refractivity (Wildman–Crippen MR) is 72.8 cm³/mol. The number of unbranched alkanes of at least 4 members (excludes halogenated alkanes) is 2. The number of Topliss-reactive ketones (excluding diaryl/α,β-unsaturated/α-hetero) is 1. The molecule has 0 aromatic carbocycles. The highest BCUT2D eigenvalue weighted by Gasteiger charge is 2.38. The fraction of sp³-hybridized carbons (Fsp3) is 0.692. The number of nitrogens with zero attached hydrogens (tertiary/aromatic N) is 1. The van der Waals surface area contributed by atoms with Gasteiger partial charge < -0.3 is 0 Å². The summed E-state index contributed by atoms with van der Waals surface area (Å²) < 4.78 is 12.0. The summed E-state index contributed by atoms with van der Waals surface area (Å²) in [6.07, 6.45) is 1.61. The van der Waals surface area contributed by atoms with Crippen LogP contribution in [-0.2, 0) is 19.2 Å². The van der Waals surface area contributed by atoms with E-state index in [1.54, 1.807) is 0 Å². The van der Waals surface area contributed by atoms with Crippen molar-refractivity contribution in [2.45, 2.75) is 44.3 Å². The van der Waals surface area contributed by atoms with Crippen molar-refractivity contribution in [1.29, 1.82) is 0 Å². The molecule has 1 aliphatic rings. The normalized spacial score (nSPS) is 18.7. The van der Waals surface area contributed by atoms with Crippen LogP contribution in [0.15, 0.2) is 0 Å². The third-order valence-corrected chi connectivity index (χ3v) is 4.29. The first-order valence-corrected chi connectivity index (χ1v) is 7.60. The molecule has 0 aliphatic carbocycles. The third-order valence-electron chi connectivity index (χ3n) is 2.95. The van der Waals surface area contributed by atoms with Crippen LogP contribution in [0.25, 0.3) is 0 Å². The van der Waals surface area contributed by atoms with Crippen molar-refractivity contribution in [3.63, 3.8) is 0 Å². The molecule has 7 heteroatoms. The summed E-state index contributed by atoms with van der Waals surface area (Å²) in [5, 5.41) is -0.459. The Morgan fingerprint density at radius 1 is 1.30 bits per heavy atom. The van der Waals surface area contributed by atoms with Crippen molar-refractivity contribution in [2.24, 2.45) is 0 Å². The molecule has 1 aliphatic heterocycles. The third kappa shape index (κ3) is 5.40. The second kappa shape index (κ2) is 8.14. The Morgan fingerprint density at radius 3 is 2.60 bits per heavy atom. The van der Waals surface area contributed by atoms with Gasteiger partial charge in [-0.2, -0.15) is 4.39 Å². The van der Waals surface area contributed by atoms with Crippen molar-refractivity contribution in [2.75, 3.05) is 12.3 Å².